The molecule has 0 N–H and O–H groups in total. The predicted molar refractivity (Wildman–Crippen MR) is 99.3 cm³/mol. The summed E-state index contributed by atoms with van der Waals surface area (Å²) in [7, 11) is 0. The Balaban J connectivity index is 1.43. The molecular weight excluding hydrogens is 390 g/mol. The number of hydrazone groups is 1. The van der Waals surface area contributed by atoms with Gasteiger partial charge in [0.2, 0.25) is 5.88 Å². The van der Waals surface area contributed by atoms with E-state index >= 15 is 0 Å². The zero-order valence-corrected chi connectivity index (χ0v) is 15.5. The Hall–Kier alpha value is -2.74. The van der Waals surface area contributed by atoms with Gasteiger partial charge in [0.15, 0.2) is 0 Å². The fourth-order valence-corrected chi connectivity index (χ4v) is 3.57. The van der Waals surface area contributed by atoms with E-state index in [2.05, 4.69) is 10.1 Å². The van der Waals surface area contributed by atoms with Gasteiger partial charge in [0, 0.05) is 37.7 Å². The van der Waals surface area contributed by atoms with Crippen LogP contribution in [0.3, 0.4) is 0 Å². The van der Waals surface area contributed by atoms with Crippen LogP contribution in [0.1, 0.15) is 24.4 Å². The van der Waals surface area contributed by atoms with E-state index in [4.69, 9.17) is 16.3 Å². The van der Waals surface area contributed by atoms with Crippen molar-refractivity contribution in [1.29, 1.82) is 0 Å². The van der Waals surface area contributed by atoms with E-state index in [-0.39, 0.29) is 12.1 Å². The number of halogens is 3. The van der Waals surface area contributed by atoms with Crippen molar-refractivity contribution in [1.82, 2.24) is 14.9 Å². The molecular formula is C19H17ClF2N4O2. The van der Waals surface area contributed by atoms with Crippen LogP contribution >= 0.6 is 11.6 Å². The lowest BCUT2D eigenvalue weighted by molar-refractivity contribution is 0.141. The first-order chi connectivity index (χ1) is 13.5. The second-order valence-electron chi connectivity index (χ2n) is 6.65. The van der Waals surface area contributed by atoms with Crippen molar-refractivity contribution in [3.8, 4) is 5.88 Å². The highest BCUT2D eigenvalue weighted by Gasteiger charge is 2.36. The second-order valence-corrected chi connectivity index (χ2v) is 7.04. The average Bonchev–Trinajstić information content (AvgIpc) is 3.30. The first kappa shape index (κ1) is 18.6. The molecule has 4 rings (SSSR count). The van der Waals surface area contributed by atoms with Gasteiger partial charge in [0.05, 0.1) is 12.6 Å². The van der Waals surface area contributed by atoms with Crippen LogP contribution in [-0.4, -0.2) is 46.3 Å². The Morgan fingerprint density at radius 1 is 1.21 bits per heavy atom. The number of pyridine rings is 1. The summed E-state index contributed by atoms with van der Waals surface area (Å²) in [6.45, 7) is 0.851. The van der Waals surface area contributed by atoms with E-state index in [9.17, 15) is 13.6 Å². The van der Waals surface area contributed by atoms with Crippen LogP contribution in [0.2, 0.25) is 5.15 Å². The Morgan fingerprint density at radius 3 is 2.75 bits per heavy atom. The summed E-state index contributed by atoms with van der Waals surface area (Å²) in [4.78, 5) is 18.6. The Kier molecular flexibility index (Phi) is 5.13. The molecule has 2 aromatic rings. The number of hydrogen-bond donors (Lipinski definition) is 0. The lowest BCUT2D eigenvalue weighted by Gasteiger charge is -2.27. The van der Waals surface area contributed by atoms with Gasteiger partial charge < -0.3 is 9.64 Å². The van der Waals surface area contributed by atoms with E-state index < -0.39 is 17.7 Å². The van der Waals surface area contributed by atoms with Crippen LogP contribution in [0.25, 0.3) is 0 Å². The minimum atomic E-state index is -0.682. The monoisotopic (exact) mass is 406 g/mol. The third kappa shape index (κ3) is 3.91. The summed E-state index contributed by atoms with van der Waals surface area (Å²) in [6.07, 6.45) is 2.39. The molecule has 28 heavy (non-hydrogen) atoms. The van der Waals surface area contributed by atoms with Crippen molar-refractivity contribution in [2.75, 3.05) is 13.1 Å². The second kappa shape index (κ2) is 7.71. The zero-order chi connectivity index (χ0) is 19.7. The molecule has 0 bridgehead atoms. The molecule has 2 amide bonds. The number of hydrogen-bond acceptors (Lipinski definition) is 4. The lowest BCUT2D eigenvalue weighted by Crippen LogP contribution is -2.40. The molecule has 2 unspecified atom stereocenters. The van der Waals surface area contributed by atoms with Crippen molar-refractivity contribution in [3.63, 3.8) is 0 Å². The number of aromatic nitrogens is 1. The summed E-state index contributed by atoms with van der Waals surface area (Å²) < 4.78 is 32.9. The molecule has 2 aliphatic heterocycles. The summed E-state index contributed by atoms with van der Waals surface area (Å²) >= 11 is 5.86. The number of carbonyl (C=O) groups excluding carboxylic acids is 1. The number of carbonyl (C=O) groups is 1. The lowest BCUT2D eigenvalue weighted by atomic mass is 10.0. The average molecular weight is 407 g/mol. The van der Waals surface area contributed by atoms with Crippen LogP contribution < -0.4 is 4.74 Å². The smallest absolute Gasteiger partial charge is 0.341 e. The van der Waals surface area contributed by atoms with Gasteiger partial charge in [-0.25, -0.2) is 23.6 Å². The number of rotatable bonds is 3. The maximum Gasteiger partial charge on any atom is 0.341 e. The predicted octanol–water partition coefficient (Wildman–Crippen LogP) is 4.02. The molecule has 9 heteroatoms. The highest BCUT2D eigenvalue weighted by atomic mass is 35.5. The van der Waals surface area contributed by atoms with Crippen molar-refractivity contribution >= 4 is 23.8 Å². The molecule has 0 spiro atoms. The van der Waals surface area contributed by atoms with E-state index in [0.717, 1.165) is 6.07 Å². The summed E-state index contributed by atoms with van der Waals surface area (Å²) in [5.74, 6) is -0.963. The number of urea groups is 1. The minimum absolute atomic E-state index is 0.216. The molecule has 6 nitrogen and oxygen atoms in total. The number of benzene rings is 1. The maximum absolute atomic E-state index is 13.6. The zero-order valence-electron chi connectivity index (χ0n) is 14.8. The highest BCUT2D eigenvalue weighted by molar-refractivity contribution is 6.29. The molecule has 2 aliphatic rings. The molecule has 1 aromatic carbocycles. The highest BCUT2D eigenvalue weighted by Crippen LogP contribution is 2.31. The fraction of sp³-hybridized carbons (Fsp3) is 0.316. The number of ether oxygens (including phenoxy) is 1. The van der Waals surface area contributed by atoms with Crippen molar-refractivity contribution in [3.05, 3.63) is 58.7 Å². The molecule has 3 heterocycles. The van der Waals surface area contributed by atoms with Crippen LogP contribution in [0.5, 0.6) is 5.88 Å². The van der Waals surface area contributed by atoms with Crippen LogP contribution in [-0.2, 0) is 0 Å². The number of amides is 2. The Bertz CT molecular complexity index is 906. The van der Waals surface area contributed by atoms with E-state index in [1.54, 1.807) is 29.3 Å². The van der Waals surface area contributed by atoms with Crippen molar-refractivity contribution < 1.29 is 18.3 Å². The largest absolute Gasteiger partial charge is 0.472 e. The molecule has 2 atom stereocenters. The standard InChI is InChI=1S/C19H17ClF2N4O2/c20-17-2-1-3-18(24-17)28-15-5-7-25(11-15)19(27)26-16(4-6-23-26)12-8-13(21)10-14(22)9-12/h1-3,6,8-10,15-16H,4-5,7,11H2. The van der Waals surface area contributed by atoms with Crippen molar-refractivity contribution in [2.45, 2.75) is 25.0 Å². The van der Waals surface area contributed by atoms with Gasteiger partial charge in [0.25, 0.3) is 0 Å². The molecule has 0 radical (unpaired) electrons. The minimum Gasteiger partial charge on any atom is -0.472 e. The molecule has 1 fully saturated rings. The molecule has 1 saturated heterocycles. The van der Waals surface area contributed by atoms with Gasteiger partial charge >= 0.3 is 6.03 Å². The quantitative estimate of drug-likeness (QED) is 0.723. The van der Waals surface area contributed by atoms with Gasteiger partial charge in [-0.3, -0.25) is 0 Å². The number of likely N-dealkylation sites (tertiary alicyclic amines) is 1. The van der Waals surface area contributed by atoms with Crippen molar-refractivity contribution in [2.24, 2.45) is 5.10 Å². The van der Waals surface area contributed by atoms with E-state index in [1.807, 2.05) is 0 Å². The first-order valence-electron chi connectivity index (χ1n) is 8.85. The summed E-state index contributed by atoms with van der Waals surface area (Å²) in [5, 5.41) is 5.72. The third-order valence-electron chi connectivity index (χ3n) is 4.69. The van der Waals surface area contributed by atoms with E-state index in [0.29, 0.717) is 42.5 Å². The third-order valence-corrected chi connectivity index (χ3v) is 4.90. The van der Waals surface area contributed by atoms with Crippen LogP contribution in [0.4, 0.5) is 13.6 Å². The fourth-order valence-electron chi connectivity index (χ4n) is 3.41. The Morgan fingerprint density at radius 2 is 2.00 bits per heavy atom. The van der Waals surface area contributed by atoms with Gasteiger partial charge in [-0.05, 0) is 23.8 Å². The topological polar surface area (TPSA) is 58.0 Å². The molecule has 0 aliphatic carbocycles. The summed E-state index contributed by atoms with van der Waals surface area (Å²) in [6, 6.07) is 7.49. The molecule has 146 valence electrons. The summed E-state index contributed by atoms with van der Waals surface area (Å²) in [5.41, 5.74) is 0.374. The van der Waals surface area contributed by atoms with Gasteiger partial charge in [-0.1, -0.05) is 17.7 Å². The van der Waals surface area contributed by atoms with Gasteiger partial charge in [-0.2, -0.15) is 5.10 Å². The molecule has 0 saturated carbocycles. The molecule has 1 aromatic heterocycles. The van der Waals surface area contributed by atoms with Crippen LogP contribution in [0.15, 0.2) is 41.5 Å². The SMILES string of the molecule is O=C(N1CCC(Oc2cccc(Cl)n2)C1)N1N=CCC1c1cc(F)cc(F)c1. The Labute approximate surface area is 165 Å². The van der Waals surface area contributed by atoms with Crippen LogP contribution in [0, 0.1) is 11.6 Å². The van der Waals surface area contributed by atoms with E-state index in [1.165, 1.54) is 17.1 Å². The first-order valence-corrected chi connectivity index (χ1v) is 9.23. The maximum atomic E-state index is 13.6. The van der Waals surface area contributed by atoms with Gasteiger partial charge in [0.1, 0.15) is 22.9 Å². The van der Waals surface area contributed by atoms with Gasteiger partial charge in [-0.15, -0.1) is 0 Å². The normalized spacial score (nSPS) is 21.4. The number of nitrogens with zero attached hydrogens (tertiary/aromatic N) is 4.